The van der Waals surface area contributed by atoms with Crippen LogP contribution in [0, 0.1) is 6.92 Å². The van der Waals surface area contributed by atoms with Crippen LogP contribution in [0.1, 0.15) is 15.2 Å². The van der Waals surface area contributed by atoms with Crippen LogP contribution in [-0.4, -0.2) is 54.3 Å². The maximum atomic E-state index is 13.0. The molecule has 2 aromatic heterocycles. The molecule has 1 saturated heterocycles. The van der Waals surface area contributed by atoms with E-state index >= 15 is 0 Å². The highest BCUT2D eigenvalue weighted by Crippen LogP contribution is 2.24. The molecule has 8 nitrogen and oxygen atoms in total. The smallest absolute Gasteiger partial charge is 0.408 e. The highest BCUT2D eigenvalue weighted by Gasteiger charge is 2.31. The van der Waals surface area contributed by atoms with Crippen LogP contribution < -0.4 is 5.76 Å². The summed E-state index contributed by atoms with van der Waals surface area (Å²) in [6.45, 7) is 2.99. The number of nitrogens with zero attached hydrogens (tertiary/aromatic N) is 3. The number of thiophene rings is 1. The molecule has 1 aliphatic heterocycles. The van der Waals surface area contributed by atoms with Crippen molar-refractivity contribution in [3.8, 4) is 0 Å². The molecular formula is C18H19N3O5S2. The number of carbonyl (C=O) groups excluding carboxylic acids is 1. The predicted molar refractivity (Wildman–Crippen MR) is 105 cm³/mol. The monoisotopic (exact) mass is 421 g/mol. The molecule has 3 aromatic rings. The molecule has 0 atom stereocenters. The molecule has 28 heavy (non-hydrogen) atoms. The number of piperazine rings is 1. The number of fused-ring (bicyclic) bond motifs is 1. The molecular weight excluding hydrogens is 402 g/mol. The molecule has 0 aliphatic carbocycles. The van der Waals surface area contributed by atoms with E-state index in [9.17, 15) is 18.0 Å². The molecule has 10 heteroatoms. The Morgan fingerprint density at radius 3 is 2.50 bits per heavy atom. The van der Waals surface area contributed by atoms with Gasteiger partial charge in [0, 0.05) is 39.3 Å². The maximum absolute atomic E-state index is 13.0. The van der Waals surface area contributed by atoms with Crippen molar-refractivity contribution in [2.75, 3.05) is 26.2 Å². The zero-order valence-electron chi connectivity index (χ0n) is 15.4. The Morgan fingerprint density at radius 1 is 1.14 bits per heavy atom. The first-order valence-corrected chi connectivity index (χ1v) is 11.0. The number of aryl methyl sites for hydroxylation is 2. The second-order valence-corrected chi connectivity index (χ2v) is 9.54. The van der Waals surface area contributed by atoms with Gasteiger partial charge in [0.2, 0.25) is 10.0 Å². The third-order valence-corrected chi connectivity index (χ3v) is 7.88. The van der Waals surface area contributed by atoms with Gasteiger partial charge in [0.15, 0.2) is 5.58 Å². The highest BCUT2D eigenvalue weighted by molar-refractivity contribution is 7.89. The number of aromatic nitrogens is 1. The Balaban J connectivity index is 1.53. The van der Waals surface area contributed by atoms with Crippen molar-refractivity contribution in [1.29, 1.82) is 0 Å². The van der Waals surface area contributed by atoms with Crippen molar-refractivity contribution in [2.24, 2.45) is 7.05 Å². The second-order valence-electron chi connectivity index (χ2n) is 6.69. The molecule has 1 amide bonds. The minimum absolute atomic E-state index is 0.0583. The van der Waals surface area contributed by atoms with Gasteiger partial charge >= 0.3 is 5.76 Å². The summed E-state index contributed by atoms with van der Waals surface area (Å²) in [4.78, 5) is 26.7. The van der Waals surface area contributed by atoms with E-state index in [1.165, 1.54) is 32.3 Å². The summed E-state index contributed by atoms with van der Waals surface area (Å²) in [5, 5.41) is 1.88. The van der Waals surface area contributed by atoms with Crippen molar-refractivity contribution in [3.63, 3.8) is 0 Å². The van der Waals surface area contributed by atoms with Gasteiger partial charge in [-0.1, -0.05) is 0 Å². The molecule has 3 heterocycles. The SMILES string of the molecule is Cc1ccsc1C(=O)N1CCN(S(=O)(=O)c2ccc3c(c2)oc(=O)n3C)CC1. The molecule has 1 fully saturated rings. The van der Waals surface area contributed by atoms with Crippen LogP contribution in [0.15, 0.2) is 43.8 Å². The Labute approximate surface area is 165 Å². The van der Waals surface area contributed by atoms with Gasteiger partial charge in [-0.15, -0.1) is 11.3 Å². The average Bonchev–Trinajstić information content (AvgIpc) is 3.24. The Bertz CT molecular complexity index is 1210. The van der Waals surface area contributed by atoms with Gasteiger partial charge in [0.05, 0.1) is 15.3 Å². The lowest BCUT2D eigenvalue weighted by atomic mass is 10.2. The van der Waals surface area contributed by atoms with Crippen LogP contribution in [0.3, 0.4) is 0 Å². The van der Waals surface area contributed by atoms with Gasteiger partial charge in [0.25, 0.3) is 5.91 Å². The zero-order chi connectivity index (χ0) is 20.1. The lowest BCUT2D eigenvalue weighted by Gasteiger charge is -2.33. The number of rotatable bonds is 3. The fourth-order valence-electron chi connectivity index (χ4n) is 3.29. The standard InChI is InChI=1S/C18H19N3O5S2/c1-12-5-10-27-16(12)17(22)20-6-8-21(9-7-20)28(24,25)13-3-4-14-15(11-13)26-18(23)19(14)2/h3-5,10-11H,6-9H2,1-2H3. The van der Waals surface area contributed by atoms with Crippen molar-refractivity contribution in [3.05, 3.63) is 50.6 Å². The second kappa shape index (κ2) is 6.87. The van der Waals surface area contributed by atoms with Crippen LogP contribution in [0.2, 0.25) is 0 Å². The zero-order valence-corrected chi connectivity index (χ0v) is 17.0. The van der Waals surface area contributed by atoms with E-state index in [2.05, 4.69) is 0 Å². The van der Waals surface area contributed by atoms with E-state index in [0.717, 1.165) is 5.56 Å². The molecule has 0 unspecified atom stereocenters. The molecule has 1 aliphatic rings. The summed E-state index contributed by atoms with van der Waals surface area (Å²) in [6.07, 6.45) is 0. The van der Waals surface area contributed by atoms with Crippen molar-refractivity contribution in [2.45, 2.75) is 11.8 Å². The Hall–Kier alpha value is -2.43. The maximum Gasteiger partial charge on any atom is 0.419 e. The Morgan fingerprint density at radius 2 is 1.86 bits per heavy atom. The topological polar surface area (TPSA) is 92.8 Å². The summed E-state index contributed by atoms with van der Waals surface area (Å²) in [6, 6.07) is 6.31. The predicted octanol–water partition coefficient (Wildman–Crippen LogP) is 1.65. The number of oxazole rings is 1. The molecule has 0 spiro atoms. The van der Waals surface area contributed by atoms with E-state index in [0.29, 0.717) is 23.5 Å². The first kappa shape index (κ1) is 18.9. The quantitative estimate of drug-likeness (QED) is 0.641. The summed E-state index contributed by atoms with van der Waals surface area (Å²) >= 11 is 1.40. The third-order valence-electron chi connectivity index (χ3n) is 4.98. The van der Waals surface area contributed by atoms with Crippen LogP contribution in [0.4, 0.5) is 0 Å². The minimum atomic E-state index is -3.74. The molecule has 0 saturated carbocycles. The largest absolute Gasteiger partial charge is 0.419 e. The highest BCUT2D eigenvalue weighted by atomic mass is 32.2. The molecule has 1 aromatic carbocycles. The number of hydrogen-bond acceptors (Lipinski definition) is 6. The van der Waals surface area contributed by atoms with Gasteiger partial charge in [-0.05, 0) is 36.1 Å². The van der Waals surface area contributed by atoms with Crippen molar-refractivity contribution in [1.82, 2.24) is 13.8 Å². The number of hydrogen-bond donors (Lipinski definition) is 0. The van der Waals surface area contributed by atoms with Crippen molar-refractivity contribution < 1.29 is 17.6 Å². The van der Waals surface area contributed by atoms with Gasteiger partial charge in [-0.25, -0.2) is 13.2 Å². The lowest BCUT2D eigenvalue weighted by molar-refractivity contribution is 0.0702. The summed E-state index contributed by atoms with van der Waals surface area (Å²) in [5.41, 5.74) is 1.70. The Kier molecular flexibility index (Phi) is 4.64. The molecule has 4 rings (SSSR count). The van der Waals surface area contributed by atoms with E-state index in [1.54, 1.807) is 18.0 Å². The fourth-order valence-corrected chi connectivity index (χ4v) is 5.62. The van der Waals surface area contributed by atoms with Crippen LogP contribution >= 0.6 is 11.3 Å². The molecule has 0 radical (unpaired) electrons. The van der Waals surface area contributed by atoms with Crippen LogP contribution in [0.25, 0.3) is 11.1 Å². The van der Waals surface area contributed by atoms with Crippen molar-refractivity contribution >= 4 is 38.4 Å². The van der Waals surface area contributed by atoms with E-state index in [-0.39, 0.29) is 29.5 Å². The first-order valence-electron chi connectivity index (χ1n) is 8.72. The average molecular weight is 422 g/mol. The minimum Gasteiger partial charge on any atom is -0.408 e. The van der Waals surface area contributed by atoms with Crippen LogP contribution in [-0.2, 0) is 17.1 Å². The molecule has 0 bridgehead atoms. The third kappa shape index (κ3) is 3.07. The first-order chi connectivity index (χ1) is 13.3. The summed E-state index contributed by atoms with van der Waals surface area (Å²) in [7, 11) is -2.18. The summed E-state index contributed by atoms with van der Waals surface area (Å²) in [5.74, 6) is -0.599. The summed E-state index contributed by atoms with van der Waals surface area (Å²) < 4.78 is 33.7. The lowest BCUT2D eigenvalue weighted by Crippen LogP contribution is -2.50. The number of amides is 1. The number of carbonyl (C=O) groups is 1. The van der Waals surface area contributed by atoms with E-state index in [4.69, 9.17) is 4.42 Å². The molecule has 148 valence electrons. The fraction of sp³-hybridized carbons (Fsp3) is 0.333. The van der Waals surface area contributed by atoms with E-state index < -0.39 is 15.8 Å². The van der Waals surface area contributed by atoms with E-state index in [1.807, 2.05) is 18.4 Å². The van der Waals surface area contributed by atoms with Crippen LogP contribution in [0.5, 0.6) is 0 Å². The van der Waals surface area contributed by atoms with Gasteiger partial charge in [-0.2, -0.15) is 4.31 Å². The van der Waals surface area contributed by atoms with Gasteiger partial charge in [0.1, 0.15) is 0 Å². The normalized spacial score (nSPS) is 16.0. The van der Waals surface area contributed by atoms with Gasteiger partial charge < -0.3 is 9.32 Å². The molecule has 0 N–H and O–H groups in total. The number of benzene rings is 1. The number of sulfonamides is 1. The van der Waals surface area contributed by atoms with Gasteiger partial charge in [-0.3, -0.25) is 9.36 Å².